The van der Waals surface area contributed by atoms with E-state index in [1.54, 1.807) is 0 Å². The van der Waals surface area contributed by atoms with Gasteiger partial charge in [-0.05, 0) is 157 Å². The van der Waals surface area contributed by atoms with Crippen LogP contribution in [0, 0.1) is 0 Å². The summed E-state index contributed by atoms with van der Waals surface area (Å²) < 4.78 is 191. The highest BCUT2D eigenvalue weighted by Crippen LogP contribution is 2.62. The molecule has 0 N–H and O–H groups in total. The second kappa shape index (κ2) is 22.0. The molecule has 0 bridgehead atoms. The van der Waals surface area contributed by atoms with Crippen LogP contribution in [0.3, 0.4) is 0 Å². The molecule has 10 heteroatoms. The molecule has 0 fully saturated rings. The van der Waals surface area contributed by atoms with Crippen LogP contribution in [0.1, 0.15) is 51.0 Å². The predicted octanol–water partition coefficient (Wildman–Crippen LogP) is 22.3. The van der Waals surface area contributed by atoms with Gasteiger partial charge >= 0.3 is 0 Å². The molecule has 0 amide bonds. The number of benzene rings is 15. The number of para-hydroxylation sites is 6. The summed E-state index contributed by atoms with van der Waals surface area (Å²) >= 11 is 3.94. The van der Waals surface area contributed by atoms with E-state index in [1.165, 1.54) is 35.3 Å². The highest BCUT2D eigenvalue weighted by atomic mass is 32.2. The van der Waals surface area contributed by atoms with Crippen LogP contribution in [0.25, 0.3) is 72.0 Å². The van der Waals surface area contributed by atoms with Crippen molar-refractivity contribution < 1.29 is 24.7 Å². The van der Waals surface area contributed by atoms with Gasteiger partial charge in [-0.15, -0.1) is 0 Å². The standard InChI is InChI=1S/C94H61B2N5S3/c1-94(2,3)60-52-74-84-75(53-60)100(90-64(58-30-12-6-13-31-58)38-25-39-65(90)59-32-14-7-15-33-59)76-55-77-86-93(101-72-43-21-23-45-79(72)103-83-51-49-81-88(92(83)101)96(86)87-80(104-81)48-50-82-91(87)98(77)71-42-20-22-44-78(71)102-82)85(76)95(84)68-47-46-61(97-69-40-18-16-34-66(69)67-35-17-19-41-70(67)97)54-73(68)99(74)89-62(56-26-8-4-9-27-56)36-24-37-63(89)57-28-10-5-11-29-57/h4-55H,1-3H3/i16D,17D,18D,19D,34D,35D,40D,41D,46D,47D,48D,49D,50D,51D,52D,53D,54D,55D. The molecule has 0 unspecified atom stereocenters. The van der Waals surface area contributed by atoms with E-state index in [0.717, 1.165) is 20.6 Å². The Morgan fingerprint density at radius 1 is 0.298 bits per heavy atom. The highest BCUT2D eigenvalue weighted by Gasteiger charge is 2.56. The summed E-state index contributed by atoms with van der Waals surface area (Å²) in [6.45, 7) is 3.27. The topological polar surface area (TPSA) is 17.9 Å². The Kier molecular flexibility index (Phi) is 9.33. The lowest BCUT2D eigenvalue weighted by Gasteiger charge is -2.53. The first kappa shape index (κ1) is 44.1. The molecule has 7 aliphatic rings. The zero-order chi connectivity index (χ0) is 84.0. The van der Waals surface area contributed by atoms with E-state index in [1.807, 2.05) is 232 Å². The van der Waals surface area contributed by atoms with Crippen LogP contribution in [0.5, 0.6) is 0 Å². The Hall–Kier alpha value is -11.5. The number of hydrogen-bond acceptors (Lipinski definition) is 7. The maximum atomic E-state index is 12.5. The minimum Gasteiger partial charge on any atom is -0.310 e. The first-order valence-electron chi connectivity index (χ1n) is 43.6. The Labute approximate surface area is 643 Å². The van der Waals surface area contributed by atoms with Gasteiger partial charge in [-0.3, -0.25) is 0 Å². The zero-order valence-corrected chi connectivity index (χ0v) is 58.2. The molecule has 7 aliphatic heterocycles. The quantitative estimate of drug-likeness (QED) is 0.146. The summed E-state index contributed by atoms with van der Waals surface area (Å²) in [4.78, 5) is 11.2. The Balaban J connectivity index is 1.01. The monoisotopic (exact) mass is 1400 g/mol. The fourth-order valence-corrected chi connectivity index (χ4v) is 20.1. The van der Waals surface area contributed by atoms with Gasteiger partial charge in [0.05, 0.1) is 69.8 Å². The number of fused-ring (bicyclic) bond motifs is 14. The van der Waals surface area contributed by atoms with Crippen LogP contribution < -0.4 is 52.4 Å². The molecule has 1 aromatic heterocycles. The number of rotatable bonds is 7. The van der Waals surface area contributed by atoms with Gasteiger partial charge in [0.15, 0.2) is 0 Å². The van der Waals surface area contributed by atoms with Crippen LogP contribution in [-0.4, -0.2) is 18.0 Å². The minimum atomic E-state index is -1.59. The Morgan fingerprint density at radius 2 is 0.702 bits per heavy atom. The summed E-state index contributed by atoms with van der Waals surface area (Å²) in [6.07, 6.45) is 0. The molecule has 15 aromatic carbocycles. The molecular weight excluding hydrogens is 1320 g/mol. The van der Waals surface area contributed by atoms with Crippen molar-refractivity contribution in [3.63, 3.8) is 0 Å². The first-order valence-corrected chi connectivity index (χ1v) is 37.0. The second-order valence-corrected chi connectivity index (χ2v) is 31.0. The summed E-state index contributed by atoms with van der Waals surface area (Å²) in [5, 5.41) is -0.640. The minimum absolute atomic E-state index is 0.0400. The van der Waals surface area contributed by atoms with Crippen molar-refractivity contribution in [2.24, 2.45) is 0 Å². The molecule has 16 aromatic rings. The highest BCUT2D eigenvalue weighted by molar-refractivity contribution is 8.01. The summed E-state index contributed by atoms with van der Waals surface area (Å²) in [6, 6.07) is 58.4. The van der Waals surface area contributed by atoms with Crippen molar-refractivity contribution in [3.8, 4) is 50.2 Å². The maximum Gasteiger partial charge on any atom is 0.255 e. The van der Waals surface area contributed by atoms with Crippen molar-refractivity contribution in [2.75, 3.05) is 19.6 Å². The van der Waals surface area contributed by atoms with E-state index < -0.39 is 102 Å². The van der Waals surface area contributed by atoms with E-state index in [-0.39, 0.29) is 92.3 Å². The lowest BCUT2D eigenvalue weighted by Crippen LogP contribution is -2.68. The van der Waals surface area contributed by atoms with Crippen LogP contribution >= 0.6 is 35.3 Å². The average molecular weight is 1400 g/mol. The van der Waals surface area contributed by atoms with Gasteiger partial charge in [-0.2, -0.15) is 0 Å². The molecule has 486 valence electrons. The van der Waals surface area contributed by atoms with Crippen molar-refractivity contribution >= 4 is 172 Å². The van der Waals surface area contributed by atoms with E-state index in [2.05, 4.69) is 14.7 Å². The second-order valence-electron chi connectivity index (χ2n) is 27.9. The predicted molar refractivity (Wildman–Crippen MR) is 442 cm³/mol. The molecule has 0 spiro atoms. The molecule has 0 atom stereocenters. The van der Waals surface area contributed by atoms with Gasteiger partial charge in [0.25, 0.3) is 13.4 Å². The lowest BCUT2D eigenvalue weighted by atomic mass is 9.29. The molecule has 23 rings (SSSR count). The van der Waals surface area contributed by atoms with E-state index in [0.29, 0.717) is 125 Å². The number of nitrogens with zero attached hydrogens (tertiary/aromatic N) is 5. The van der Waals surface area contributed by atoms with Crippen LogP contribution in [-0.2, 0) is 5.41 Å². The van der Waals surface area contributed by atoms with Crippen molar-refractivity contribution in [2.45, 2.75) is 55.6 Å². The van der Waals surface area contributed by atoms with Gasteiger partial charge in [0.2, 0.25) is 0 Å². The Morgan fingerprint density at radius 3 is 1.20 bits per heavy atom. The molecule has 0 radical (unpaired) electrons. The normalized spacial score (nSPS) is 16.5. The van der Waals surface area contributed by atoms with E-state index >= 15 is 0 Å². The fourth-order valence-electron chi connectivity index (χ4n) is 17.0. The molecule has 0 saturated heterocycles. The van der Waals surface area contributed by atoms with E-state index in [9.17, 15) is 24.7 Å². The number of anilines is 12. The molecular formula is C94H61B2N5S3. The summed E-state index contributed by atoms with van der Waals surface area (Å²) in [7, 11) is 0. The molecule has 8 heterocycles. The third-order valence-corrected chi connectivity index (χ3v) is 24.5. The molecule has 104 heavy (non-hydrogen) atoms. The van der Waals surface area contributed by atoms with Gasteiger partial charge < -0.3 is 24.2 Å². The van der Waals surface area contributed by atoms with Crippen molar-refractivity contribution in [3.05, 3.63) is 321 Å². The van der Waals surface area contributed by atoms with Gasteiger partial charge in [-0.25, -0.2) is 0 Å². The summed E-state index contributed by atoms with van der Waals surface area (Å²) in [5.74, 6) is 0. The largest absolute Gasteiger partial charge is 0.310 e. The van der Waals surface area contributed by atoms with Crippen molar-refractivity contribution in [1.29, 1.82) is 0 Å². The van der Waals surface area contributed by atoms with Crippen LogP contribution in [0.4, 0.5) is 68.2 Å². The SMILES string of the molecule is [2H]c1c([2H])c2c3c4c1Sc1c([2H])c([2H])c5c6c1B4c1c(c([2H])c4c(c1N6c1ccccc1S5)B1c5c([2H])c([2H])c(-n6c7c([2H])c([2H])c([2H])c([2H])c7c7c([2H])c([2H])c([2H])c([2H])c76)c([2H])c5N(c5c(-c6ccccc6)cccc5-c5ccccc5)c5c([2H])c(C(C)(C)C)c([2H])c(c51)N4c1c(-c4ccccc4)cccc1-c1ccccc1)N3c1ccccc1S2. The fraction of sp³-hybridized carbons (Fsp3) is 0.0426. The van der Waals surface area contributed by atoms with Crippen LogP contribution in [0.2, 0.25) is 0 Å². The van der Waals surface area contributed by atoms with Gasteiger partial charge in [0, 0.05) is 102 Å². The first-order chi connectivity index (χ1) is 58.8. The van der Waals surface area contributed by atoms with Crippen molar-refractivity contribution in [1.82, 2.24) is 4.57 Å². The average Bonchev–Trinajstić information content (AvgIpc) is 0.753. The van der Waals surface area contributed by atoms with Gasteiger partial charge in [0.1, 0.15) is 0 Å². The third kappa shape index (κ3) is 8.19. The smallest absolute Gasteiger partial charge is 0.255 e. The van der Waals surface area contributed by atoms with Gasteiger partial charge in [-0.1, -0.05) is 280 Å². The molecule has 0 saturated carbocycles. The maximum absolute atomic E-state index is 12.5. The number of hydrogen-bond donors (Lipinski definition) is 0. The van der Waals surface area contributed by atoms with E-state index in [4.69, 9.17) is 0 Å². The van der Waals surface area contributed by atoms with Crippen LogP contribution in [0.15, 0.2) is 344 Å². The molecule has 5 nitrogen and oxygen atoms in total. The molecule has 0 aliphatic carbocycles. The number of aromatic nitrogens is 1. The Bertz CT molecular complexity index is 7350. The third-order valence-electron chi connectivity index (χ3n) is 21.3. The zero-order valence-electron chi connectivity index (χ0n) is 73.7. The summed E-state index contributed by atoms with van der Waals surface area (Å²) in [5.41, 5.74) is 9.83. The lowest BCUT2D eigenvalue weighted by molar-refractivity contribution is 0.590.